The molecule has 1 aromatic carbocycles. The Morgan fingerprint density at radius 3 is 2.55 bits per heavy atom. The van der Waals surface area contributed by atoms with Crippen LogP contribution in [0.1, 0.15) is 31.2 Å². The van der Waals surface area contributed by atoms with Crippen molar-refractivity contribution in [1.29, 1.82) is 0 Å². The number of aryl methyl sites for hydroxylation is 1. The molecule has 1 saturated heterocycles. The standard InChI is InChI=1S/C16H23BrN2O2S/c1-12-2-5-14(17)10-16(12)22(20,21)19-8-6-15(7-9-19)18-11-13-3-4-13/h2,5,10,13,15,18H,3-4,6-9,11H2,1H3. The first-order valence-corrected chi connectivity index (χ1v) is 10.2. The van der Waals surface area contributed by atoms with Gasteiger partial charge in [0.15, 0.2) is 0 Å². The van der Waals surface area contributed by atoms with E-state index in [-0.39, 0.29) is 0 Å². The van der Waals surface area contributed by atoms with E-state index >= 15 is 0 Å². The van der Waals surface area contributed by atoms with Gasteiger partial charge in [-0.05, 0) is 62.8 Å². The van der Waals surface area contributed by atoms with E-state index in [1.165, 1.54) is 12.8 Å². The maximum absolute atomic E-state index is 12.8. The van der Waals surface area contributed by atoms with Crippen molar-refractivity contribution in [2.45, 2.75) is 43.5 Å². The van der Waals surface area contributed by atoms with Gasteiger partial charge in [0, 0.05) is 23.6 Å². The van der Waals surface area contributed by atoms with Gasteiger partial charge < -0.3 is 5.32 Å². The number of halogens is 1. The molecule has 0 unspecified atom stereocenters. The van der Waals surface area contributed by atoms with Gasteiger partial charge in [-0.2, -0.15) is 4.31 Å². The lowest BCUT2D eigenvalue weighted by Gasteiger charge is -2.32. The van der Waals surface area contributed by atoms with E-state index in [0.29, 0.717) is 24.0 Å². The van der Waals surface area contributed by atoms with Crippen LogP contribution < -0.4 is 5.32 Å². The van der Waals surface area contributed by atoms with Crippen molar-refractivity contribution in [1.82, 2.24) is 9.62 Å². The molecule has 22 heavy (non-hydrogen) atoms. The highest BCUT2D eigenvalue weighted by Gasteiger charge is 2.31. The van der Waals surface area contributed by atoms with Gasteiger partial charge in [-0.1, -0.05) is 22.0 Å². The van der Waals surface area contributed by atoms with Crippen molar-refractivity contribution in [2.75, 3.05) is 19.6 Å². The molecule has 122 valence electrons. The summed E-state index contributed by atoms with van der Waals surface area (Å²) in [6, 6.07) is 5.90. The van der Waals surface area contributed by atoms with E-state index < -0.39 is 10.0 Å². The Balaban J connectivity index is 1.64. The Morgan fingerprint density at radius 1 is 1.23 bits per heavy atom. The van der Waals surface area contributed by atoms with Crippen molar-refractivity contribution in [3.8, 4) is 0 Å². The molecule has 0 spiro atoms. The van der Waals surface area contributed by atoms with Crippen molar-refractivity contribution in [2.24, 2.45) is 5.92 Å². The minimum atomic E-state index is -3.38. The zero-order chi connectivity index (χ0) is 15.7. The normalized spacial score (nSPS) is 21.2. The van der Waals surface area contributed by atoms with Crippen molar-refractivity contribution < 1.29 is 8.42 Å². The van der Waals surface area contributed by atoms with Crippen molar-refractivity contribution in [3.63, 3.8) is 0 Å². The number of rotatable bonds is 5. The van der Waals surface area contributed by atoms with E-state index in [2.05, 4.69) is 21.2 Å². The SMILES string of the molecule is Cc1ccc(Br)cc1S(=O)(=O)N1CCC(NCC2CC2)CC1. The highest BCUT2D eigenvalue weighted by atomic mass is 79.9. The predicted molar refractivity (Wildman–Crippen MR) is 91.4 cm³/mol. The highest BCUT2D eigenvalue weighted by molar-refractivity contribution is 9.10. The smallest absolute Gasteiger partial charge is 0.243 e. The topological polar surface area (TPSA) is 49.4 Å². The Morgan fingerprint density at radius 2 is 1.91 bits per heavy atom. The molecule has 4 nitrogen and oxygen atoms in total. The van der Waals surface area contributed by atoms with E-state index in [4.69, 9.17) is 0 Å². The molecule has 6 heteroatoms. The number of hydrogen-bond acceptors (Lipinski definition) is 3. The zero-order valence-corrected chi connectivity index (χ0v) is 15.3. The molecular formula is C16H23BrN2O2S. The number of hydrogen-bond donors (Lipinski definition) is 1. The molecule has 0 amide bonds. The average molecular weight is 387 g/mol. The fourth-order valence-electron chi connectivity index (χ4n) is 2.95. The van der Waals surface area contributed by atoms with Crippen LogP contribution in [0.15, 0.2) is 27.6 Å². The predicted octanol–water partition coefficient (Wildman–Crippen LogP) is 2.91. The molecular weight excluding hydrogens is 364 g/mol. The molecule has 1 saturated carbocycles. The number of sulfonamides is 1. The summed E-state index contributed by atoms with van der Waals surface area (Å²) in [6.07, 6.45) is 4.50. The van der Waals surface area contributed by atoms with Gasteiger partial charge in [-0.3, -0.25) is 0 Å². The van der Waals surface area contributed by atoms with Crippen LogP contribution in [-0.4, -0.2) is 38.4 Å². The average Bonchev–Trinajstić information content (AvgIpc) is 3.32. The van der Waals surface area contributed by atoms with Gasteiger partial charge in [0.05, 0.1) is 4.90 Å². The van der Waals surface area contributed by atoms with Crippen LogP contribution in [0.25, 0.3) is 0 Å². The maximum atomic E-state index is 12.8. The summed E-state index contributed by atoms with van der Waals surface area (Å²) in [4.78, 5) is 0.422. The lowest BCUT2D eigenvalue weighted by atomic mass is 10.1. The van der Waals surface area contributed by atoms with E-state index in [9.17, 15) is 8.42 Å². The fraction of sp³-hybridized carbons (Fsp3) is 0.625. The Kier molecular flexibility index (Phi) is 4.92. The number of nitrogens with zero attached hydrogens (tertiary/aromatic N) is 1. The summed E-state index contributed by atoms with van der Waals surface area (Å²) in [6.45, 7) is 4.17. The molecule has 2 fully saturated rings. The summed E-state index contributed by atoms with van der Waals surface area (Å²) in [7, 11) is -3.38. The minimum Gasteiger partial charge on any atom is -0.314 e. The summed E-state index contributed by atoms with van der Waals surface area (Å²) < 4.78 is 28.1. The molecule has 1 aliphatic heterocycles. The van der Waals surface area contributed by atoms with Gasteiger partial charge in [-0.15, -0.1) is 0 Å². The lowest BCUT2D eigenvalue weighted by Crippen LogP contribution is -2.45. The van der Waals surface area contributed by atoms with Gasteiger partial charge in [0.2, 0.25) is 10.0 Å². The largest absolute Gasteiger partial charge is 0.314 e. The molecule has 0 bridgehead atoms. The Labute approximate surface area is 141 Å². The van der Waals surface area contributed by atoms with Crippen molar-refractivity contribution >= 4 is 26.0 Å². The van der Waals surface area contributed by atoms with Gasteiger partial charge >= 0.3 is 0 Å². The van der Waals surface area contributed by atoms with E-state index in [1.807, 2.05) is 19.1 Å². The summed E-state index contributed by atoms with van der Waals surface area (Å²) >= 11 is 3.37. The van der Waals surface area contributed by atoms with Crippen LogP contribution in [0.4, 0.5) is 0 Å². The van der Waals surface area contributed by atoms with E-state index in [0.717, 1.165) is 35.3 Å². The fourth-order valence-corrected chi connectivity index (χ4v) is 5.18. The van der Waals surface area contributed by atoms with Crippen LogP contribution in [-0.2, 0) is 10.0 Å². The molecule has 1 heterocycles. The molecule has 1 aliphatic carbocycles. The van der Waals surface area contributed by atoms with E-state index in [1.54, 1.807) is 10.4 Å². The van der Waals surface area contributed by atoms with Gasteiger partial charge in [0.25, 0.3) is 0 Å². The van der Waals surface area contributed by atoms with Crippen LogP contribution in [0.5, 0.6) is 0 Å². The number of nitrogens with one attached hydrogen (secondary N) is 1. The quantitative estimate of drug-likeness (QED) is 0.845. The summed E-state index contributed by atoms with van der Waals surface area (Å²) in [5.74, 6) is 0.867. The van der Waals surface area contributed by atoms with Crippen LogP contribution in [0, 0.1) is 12.8 Å². The second kappa shape index (κ2) is 6.59. The van der Waals surface area contributed by atoms with Crippen LogP contribution >= 0.6 is 15.9 Å². The molecule has 1 aromatic rings. The number of benzene rings is 1. The maximum Gasteiger partial charge on any atom is 0.243 e. The summed E-state index contributed by atoms with van der Waals surface area (Å²) in [5, 5.41) is 3.59. The second-order valence-electron chi connectivity index (χ2n) is 6.44. The molecule has 0 radical (unpaired) electrons. The molecule has 1 N–H and O–H groups in total. The van der Waals surface area contributed by atoms with Crippen molar-refractivity contribution in [3.05, 3.63) is 28.2 Å². The van der Waals surface area contributed by atoms with Crippen LogP contribution in [0.2, 0.25) is 0 Å². The lowest BCUT2D eigenvalue weighted by molar-refractivity contribution is 0.288. The molecule has 0 aromatic heterocycles. The van der Waals surface area contributed by atoms with Crippen LogP contribution in [0.3, 0.4) is 0 Å². The zero-order valence-electron chi connectivity index (χ0n) is 12.9. The monoisotopic (exact) mass is 386 g/mol. The third kappa shape index (κ3) is 3.72. The molecule has 2 aliphatic rings. The minimum absolute atomic E-state index is 0.422. The first-order valence-electron chi connectivity index (χ1n) is 7.96. The third-order valence-corrected chi connectivity index (χ3v) is 7.15. The number of piperidine rings is 1. The van der Waals surface area contributed by atoms with Gasteiger partial charge in [-0.25, -0.2) is 8.42 Å². The highest BCUT2D eigenvalue weighted by Crippen LogP contribution is 2.29. The summed E-state index contributed by atoms with van der Waals surface area (Å²) in [5.41, 5.74) is 0.803. The third-order valence-electron chi connectivity index (χ3n) is 4.61. The molecule has 0 atom stereocenters. The first kappa shape index (κ1) is 16.4. The first-order chi connectivity index (χ1) is 10.5. The van der Waals surface area contributed by atoms with Gasteiger partial charge in [0.1, 0.15) is 0 Å². The molecule has 3 rings (SSSR count). The Bertz CT molecular complexity index is 636. The second-order valence-corrected chi connectivity index (χ2v) is 9.26. The Hall–Kier alpha value is -0.430.